The van der Waals surface area contributed by atoms with Crippen LogP contribution in [-0.4, -0.2) is 21.5 Å². The lowest BCUT2D eigenvalue weighted by Crippen LogP contribution is -2.05. The van der Waals surface area contributed by atoms with Gasteiger partial charge in [0, 0.05) is 35.0 Å². The molecule has 0 aliphatic carbocycles. The molecular formula is C17H16BrN5. The molecule has 2 heterocycles. The van der Waals surface area contributed by atoms with E-state index in [4.69, 9.17) is 0 Å². The Hall–Kier alpha value is -2.47. The molecule has 0 fully saturated rings. The molecule has 2 N–H and O–H groups in total. The zero-order chi connectivity index (χ0) is 16.1. The number of aromatic nitrogens is 3. The van der Waals surface area contributed by atoms with Crippen molar-refractivity contribution in [1.82, 2.24) is 15.0 Å². The van der Waals surface area contributed by atoms with Gasteiger partial charge >= 0.3 is 0 Å². The number of benzene rings is 1. The van der Waals surface area contributed by atoms with Crippen LogP contribution in [0.25, 0.3) is 11.3 Å². The van der Waals surface area contributed by atoms with Gasteiger partial charge < -0.3 is 10.6 Å². The first kappa shape index (κ1) is 15.4. The molecule has 6 heteroatoms. The van der Waals surface area contributed by atoms with Crippen LogP contribution < -0.4 is 10.6 Å². The van der Waals surface area contributed by atoms with Gasteiger partial charge in [-0.25, -0.2) is 4.98 Å². The lowest BCUT2D eigenvalue weighted by atomic mass is 10.2. The van der Waals surface area contributed by atoms with Gasteiger partial charge in [-0.05, 0) is 47.1 Å². The first-order chi connectivity index (χ1) is 11.3. The minimum Gasteiger partial charge on any atom is -0.354 e. The molecule has 0 unspecified atom stereocenters. The van der Waals surface area contributed by atoms with Crippen molar-refractivity contribution in [1.29, 1.82) is 0 Å². The van der Waals surface area contributed by atoms with Crippen LogP contribution in [0.5, 0.6) is 0 Å². The summed E-state index contributed by atoms with van der Waals surface area (Å²) in [7, 11) is 0. The molecule has 0 spiro atoms. The summed E-state index contributed by atoms with van der Waals surface area (Å²) >= 11 is 3.53. The molecule has 3 aromatic rings. The van der Waals surface area contributed by atoms with Gasteiger partial charge in [-0.15, -0.1) is 0 Å². The van der Waals surface area contributed by atoms with E-state index in [1.807, 2.05) is 49.4 Å². The summed E-state index contributed by atoms with van der Waals surface area (Å²) < 4.78 is 0.978. The van der Waals surface area contributed by atoms with Crippen molar-refractivity contribution in [3.8, 4) is 11.3 Å². The highest BCUT2D eigenvalue weighted by Gasteiger charge is 2.08. The third-order valence-corrected chi connectivity index (χ3v) is 3.85. The van der Waals surface area contributed by atoms with Gasteiger partial charge in [-0.3, -0.25) is 4.98 Å². The summed E-state index contributed by atoms with van der Waals surface area (Å²) in [4.78, 5) is 13.2. The molecular weight excluding hydrogens is 354 g/mol. The molecule has 0 saturated carbocycles. The largest absolute Gasteiger partial charge is 0.354 e. The Balaban J connectivity index is 1.99. The van der Waals surface area contributed by atoms with Gasteiger partial charge in [0.15, 0.2) is 0 Å². The maximum absolute atomic E-state index is 4.54. The van der Waals surface area contributed by atoms with Crippen LogP contribution in [0.1, 0.15) is 6.92 Å². The fraction of sp³-hybridized carbons (Fsp3) is 0.118. The second-order valence-electron chi connectivity index (χ2n) is 4.84. The van der Waals surface area contributed by atoms with Crippen LogP contribution in [-0.2, 0) is 0 Å². The summed E-state index contributed by atoms with van der Waals surface area (Å²) in [5.41, 5.74) is 2.72. The number of rotatable bonds is 5. The molecule has 1 aromatic carbocycles. The third kappa shape index (κ3) is 3.84. The van der Waals surface area contributed by atoms with Gasteiger partial charge in [-0.2, -0.15) is 4.98 Å². The highest BCUT2D eigenvalue weighted by atomic mass is 79.9. The van der Waals surface area contributed by atoms with E-state index in [9.17, 15) is 0 Å². The van der Waals surface area contributed by atoms with Crippen LogP contribution in [0, 0.1) is 0 Å². The van der Waals surface area contributed by atoms with Gasteiger partial charge in [0.05, 0.1) is 11.4 Å². The second kappa shape index (κ2) is 7.19. The third-order valence-electron chi connectivity index (χ3n) is 3.15. The number of nitrogens with zero attached hydrogens (tertiary/aromatic N) is 3. The zero-order valence-corrected chi connectivity index (χ0v) is 14.2. The Labute approximate surface area is 143 Å². The van der Waals surface area contributed by atoms with Gasteiger partial charge in [0.25, 0.3) is 0 Å². The standard InChI is InChI=1S/C17H16BrN5/c1-2-20-17-22-15(12-6-5-9-19-11-12)10-16(23-17)21-14-8-4-3-7-13(14)18/h3-11H,2H2,1H3,(H2,20,21,22,23). The number of halogens is 1. The maximum Gasteiger partial charge on any atom is 0.225 e. The minimum absolute atomic E-state index is 0.586. The quantitative estimate of drug-likeness (QED) is 0.694. The van der Waals surface area contributed by atoms with Gasteiger partial charge in [0.1, 0.15) is 5.82 Å². The Bertz CT molecular complexity index is 792. The fourth-order valence-electron chi connectivity index (χ4n) is 2.11. The highest BCUT2D eigenvalue weighted by Crippen LogP contribution is 2.27. The van der Waals surface area contributed by atoms with Crippen molar-refractivity contribution < 1.29 is 0 Å². The molecule has 0 saturated heterocycles. The summed E-state index contributed by atoms with van der Waals surface area (Å²) in [6, 6.07) is 13.7. The first-order valence-corrected chi connectivity index (χ1v) is 8.10. The topological polar surface area (TPSA) is 62.7 Å². The molecule has 0 aliphatic rings. The average molecular weight is 370 g/mol. The fourth-order valence-corrected chi connectivity index (χ4v) is 2.50. The molecule has 3 rings (SSSR count). The zero-order valence-electron chi connectivity index (χ0n) is 12.6. The Morgan fingerprint density at radius 2 is 1.96 bits per heavy atom. The molecule has 0 aliphatic heterocycles. The summed E-state index contributed by atoms with van der Waals surface area (Å²) in [6.07, 6.45) is 3.54. The van der Waals surface area contributed by atoms with E-state index >= 15 is 0 Å². The highest BCUT2D eigenvalue weighted by molar-refractivity contribution is 9.10. The monoisotopic (exact) mass is 369 g/mol. The van der Waals surface area contributed by atoms with Crippen LogP contribution in [0.4, 0.5) is 17.5 Å². The van der Waals surface area contributed by atoms with E-state index in [-0.39, 0.29) is 0 Å². The van der Waals surface area contributed by atoms with E-state index in [0.717, 1.165) is 33.8 Å². The van der Waals surface area contributed by atoms with E-state index in [2.05, 4.69) is 41.5 Å². The molecule has 116 valence electrons. The number of hydrogen-bond acceptors (Lipinski definition) is 5. The van der Waals surface area contributed by atoms with Crippen molar-refractivity contribution in [2.75, 3.05) is 17.2 Å². The smallest absolute Gasteiger partial charge is 0.225 e. The Morgan fingerprint density at radius 3 is 2.70 bits per heavy atom. The number of hydrogen-bond donors (Lipinski definition) is 2. The SMILES string of the molecule is CCNc1nc(Nc2ccccc2Br)cc(-c2cccnc2)n1. The molecule has 23 heavy (non-hydrogen) atoms. The average Bonchev–Trinajstić information content (AvgIpc) is 2.58. The minimum atomic E-state index is 0.586. The van der Waals surface area contributed by atoms with Crippen LogP contribution >= 0.6 is 15.9 Å². The van der Waals surface area contributed by atoms with E-state index in [1.165, 1.54) is 0 Å². The van der Waals surface area contributed by atoms with Crippen molar-refractivity contribution in [2.24, 2.45) is 0 Å². The van der Waals surface area contributed by atoms with E-state index in [0.29, 0.717) is 5.95 Å². The van der Waals surface area contributed by atoms with E-state index in [1.54, 1.807) is 12.4 Å². The summed E-state index contributed by atoms with van der Waals surface area (Å²) in [5, 5.41) is 6.49. The van der Waals surface area contributed by atoms with Crippen molar-refractivity contribution in [3.05, 3.63) is 59.3 Å². The molecule has 0 radical (unpaired) electrons. The maximum atomic E-state index is 4.54. The predicted octanol–water partition coefficient (Wildman–Crippen LogP) is 4.48. The van der Waals surface area contributed by atoms with Crippen molar-refractivity contribution in [2.45, 2.75) is 6.92 Å². The summed E-state index contributed by atoms with van der Waals surface area (Å²) in [6.45, 7) is 2.77. The van der Waals surface area contributed by atoms with Crippen molar-refractivity contribution >= 4 is 33.4 Å². The van der Waals surface area contributed by atoms with Crippen molar-refractivity contribution in [3.63, 3.8) is 0 Å². The summed E-state index contributed by atoms with van der Waals surface area (Å²) in [5.74, 6) is 1.31. The Kier molecular flexibility index (Phi) is 4.83. The molecule has 2 aromatic heterocycles. The van der Waals surface area contributed by atoms with Crippen LogP contribution in [0.3, 0.4) is 0 Å². The number of pyridine rings is 1. The van der Waals surface area contributed by atoms with E-state index < -0.39 is 0 Å². The van der Waals surface area contributed by atoms with Crippen LogP contribution in [0.2, 0.25) is 0 Å². The second-order valence-corrected chi connectivity index (χ2v) is 5.69. The normalized spacial score (nSPS) is 10.3. The van der Waals surface area contributed by atoms with Gasteiger partial charge in [-0.1, -0.05) is 12.1 Å². The molecule has 5 nitrogen and oxygen atoms in total. The molecule has 0 amide bonds. The first-order valence-electron chi connectivity index (χ1n) is 7.31. The van der Waals surface area contributed by atoms with Gasteiger partial charge in [0.2, 0.25) is 5.95 Å². The number of anilines is 3. The molecule has 0 atom stereocenters. The number of nitrogens with one attached hydrogen (secondary N) is 2. The van der Waals surface area contributed by atoms with Crippen LogP contribution in [0.15, 0.2) is 59.3 Å². The predicted molar refractivity (Wildman–Crippen MR) is 96.9 cm³/mol. The lowest BCUT2D eigenvalue weighted by molar-refractivity contribution is 1.09. The Morgan fingerprint density at radius 1 is 1.09 bits per heavy atom. The molecule has 0 bridgehead atoms. The lowest BCUT2D eigenvalue weighted by Gasteiger charge is -2.11. The number of para-hydroxylation sites is 1.